The maximum atomic E-state index is 13.9. The molecule has 0 saturated carbocycles. The number of nitro groups is 1. The normalized spacial score (nSPS) is 13.3. The number of ketones is 1. The van der Waals surface area contributed by atoms with Crippen molar-refractivity contribution in [2.75, 3.05) is 5.88 Å². The predicted molar refractivity (Wildman–Crippen MR) is 151 cm³/mol. The third-order valence-electron chi connectivity index (χ3n) is 5.94. The van der Waals surface area contributed by atoms with Crippen molar-refractivity contribution in [3.8, 4) is 0 Å². The third-order valence-corrected chi connectivity index (χ3v) is 8.21. The van der Waals surface area contributed by atoms with E-state index in [4.69, 9.17) is 69.6 Å². The molecular weight excluding hydrogens is 651 g/mol. The van der Waals surface area contributed by atoms with Crippen LogP contribution in [-0.4, -0.2) is 50.4 Å². The van der Waals surface area contributed by atoms with Crippen LogP contribution in [0.15, 0.2) is 48.5 Å². The monoisotopic (exact) mass is 661 g/mol. The highest BCUT2D eigenvalue weighted by Gasteiger charge is 2.49. The maximum absolute atomic E-state index is 13.9. The fourth-order valence-electron chi connectivity index (χ4n) is 4.04. The highest BCUT2D eigenvalue weighted by atomic mass is 35.5. The number of alkyl halides is 1. The summed E-state index contributed by atoms with van der Waals surface area (Å²) in [5, 5.41) is 11.2. The number of hydrogen-bond donors (Lipinski definition) is 0. The van der Waals surface area contributed by atoms with Crippen LogP contribution in [0, 0.1) is 10.1 Å². The number of nitro benzene ring substituents is 1. The molecule has 3 aromatic rings. The van der Waals surface area contributed by atoms with Crippen LogP contribution >= 0.6 is 69.6 Å². The lowest BCUT2D eigenvalue weighted by molar-refractivity contribution is -0.384. The van der Waals surface area contributed by atoms with Gasteiger partial charge >= 0.3 is 0 Å². The van der Waals surface area contributed by atoms with Crippen molar-refractivity contribution in [3.63, 3.8) is 0 Å². The summed E-state index contributed by atoms with van der Waals surface area (Å²) in [4.78, 5) is 65.5. The van der Waals surface area contributed by atoms with Crippen molar-refractivity contribution < 1.29 is 24.1 Å². The average Bonchev–Trinajstić information content (AvgIpc) is 3.20. The number of amides is 3. The molecule has 0 unspecified atom stereocenters. The molecule has 1 heterocycles. The second-order valence-corrected chi connectivity index (χ2v) is 10.6. The molecule has 4 rings (SSSR count). The molecule has 0 radical (unpaired) electrons. The Kier molecular flexibility index (Phi) is 8.94. The van der Waals surface area contributed by atoms with Crippen molar-refractivity contribution in [2.45, 2.75) is 12.5 Å². The summed E-state index contributed by atoms with van der Waals surface area (Å²) in [6.07, 6.45) is -0.210. The molecule has 0 N–H and O–H groups in total. The van der Waals surface area contributed by atoms with Gasteiger partial charge in [-0.3, -0.25) is 29.3 Å². The van der Waals surface area contributed by atoms with E-state index in [1.54, 1.807) is 0 Å². The second-order valence-electron chi connectivity index (χ2n) is 8.25. The molecule has 3 aromatic carbocycles. The highest BCUT2D eigenvalue weighted by molar-refractivity contribution is 6.55. The van der Waals surface area contributed by atoms with Crippen LogP contribution < -0.4 is 0 Å². The molecule has 0 aromatic heterocycles. The van der Waals surface area contributed by atoms with Crippen LogP contribution in [0.4, 0.5) is 5.69 Å². The van der Waals surface area contributed by atoms with E-state index in [-0.39, 0.29) is 49.2 Å². The molecule has 3 amide bonds. The lowest BCUT2D eigenvalue weighted by atomic mass is 10.0. The first-order chi connectivity index (χ1) is 18.9. The Morgan fingerprint density at radius 2 is 1.27 bits per heavy atom. The number of nitrogens with zero attached hydrogens (tertiary/aromatic N) is 3. The number of halogens is 6. The van der Waals surface area contributed by atoms with Crippen molar-refractivity contribution >= 4 is 98.8 Å². The van der Waals surface area contributed by atoms with Gasteiger partial charge in [-0.15, -0.1) is 11.6 Å². The molecule has 1 aliphatic heterocycles. The Balaban J connectivity index is 1.91. The average molecular weight is 664 g/mol. The maximum Gasteiger partial charge on any atom is 0.282 e. The Hall–Kier alpha value is -2.92. The van der Waals surface area contributed by atoms with Crippen LogP contribution in [0.2, 0.25) is 25.1 Å². The summed E-state index contributed by atoms with van der Waals surface area (Å²) >= 11 is 36.7. The number of carbonyl (C=O) groups excluding carboxylic acids is 4. The van der Waals surface area contributed by atoms with E-state index < -0.39 is 45.6 Å². The predicted octanol–water partition coefficient (Wildman–Crippen LogP) is 7.40. The first-order valence-corrected chi connectivity index (χ1v) is 13.5. The first-order valence-electron chi connectivity index (χ1n) is 11.1. The van der Waals surface area contributed by atoms with Gasteiger partial charge in [-0.2, -0.15) is 5.01 Å². The summed E-state index contributed by atoms with van der Waals surface area (Å²) in [5.74, 6) is -4.09. The minimum atomic E-state index is -1.51. The van der Waals surface area contributed by atoms with Crippen LogP contribution in [0.1, 0.15) is 47.9 Å². The molecule has 9 nitrogen and oxygen atoms in total. The van der Waals surface area contributed by atoms with Crippen molar-refractivity contribution in [2.24, 2.45) is 0 Å². The first kappa shape index (κ1) is 30.0. The van der Waals surface area contributed by atoms with Crippen molar-refractivity contribution in [1.29, 1.82) is 0 Å². The number of fused-ring (bicyclic) bond motifs is 1. The van der Waals surface area contributed by atoms with E-state index in [9.17, 15) is 29.3 Å². The topological polar surface area (TPSA) is 118 Å². The number of benzene rings is 3. The summed E-state index contributed by atoms with van der Waals surface area (Å²) in [6.45, 7) is 0. The number of non-ortho nitro benzene ring substituents is 1. The van der Waals surface area contributed by atoms with E-state index >= 15 is 0 Å². The van der Waals surface area contributed by atoms with E-state index in [1.807, 2.05) is 0 Å². The van der Waals surface area contributed by atoms with Gasteiger partial charge in [0.1, 0.15) is 6.04 Å². The molecule has 1 aliphatic rings. The van der Waals surface area contributed by atoms with Crippen LogP contribution in [0.5, 0.6) is 0 Å². The second kappa shape index (κ2) is 11.9. The number of hydrogen-bond acceptors (Lipinski definition) is 6. The van der Waals surface area contributed by atoms with E-state index in [0.29, 0.717) is 15.0 Å². The Morgan fingerprint density at radius 1 is 0.800 bits per heavy atom. The third kappa shape index (κ3) is 5.25. The van der Waals surface area contributed by atoms with E-state index in [0.717, 1.165) is 24.3 Å². The SMILES string of the molecule is O=C(c1ccc(Cl)cc1)[C@@H](CCCl)N(C(=O)c1ccc([N+](=O)[O-])cc1)N1C(=O)c2c(Cl)c(Cl)c(Cl)c(Cl)c2C1=O. The number of hydrazine groups is 1. The Bertz CT molecular complexity index is 1530. The molecular formula is C25H13Cl6N3O6. The summed E-state index contributed by atoms with van der Waals surface area (Å²) in [5.41, 5.74) is -1.24. The molecule has 0 fully saturated rings. The van der Waals surface area contributed by atoms with Crippen LogP contribution in [0.3, 0.4) is 0 Å². The van der Waals surface area contributed by atoms with Gasteiger partial charge in [-0.25, -0.2) is 5.01 Å². The fourth-order valence-corrected chi connectivity index (χ4v) is 5.38. The van der Waals surface area contributed by atoms with Gasteiger partial charge in [0.15, 0.2) is 5.78 Å². The largest absolute Gasteiger partial charge is 0.292 e. The van der Waals surface area contributed by atoms with E-state index in [1.165, 1.54) is 24.3 Å². The van der Waals surface area contributed by atoms with Gasteiger partial charge in [-0.05, 0) is 42.8 Å². The lowest BCUT2D eigenvalue weighted by Crippen LogP contribution is -2.57. The van der Waals surface area contributed by atoms with Crippen molar-refractivity contribution in [1.82, 2.24) is 10.0 Å². The number of carbonyl (C=O) groups is 4. The summed E-state index contributed by atoms with van der Waals surface area (Å²) < 4.78 is 0. The zero-order chi connectivity index (χ0) is 29.5. The fraction of sp³-hybridized carbons (Fsp3) is 0.120. The zero-order valence-corrected chi connectivity index (χ0v) is 24.2. The smallest absolute Gasteiger partial charge is 0.282 e. The molecule has 0 saturated heterocycles. The minimum absolute atomic E-state index is 0.0970. The van der Waals surface area contributed by atoms with Crippen LogP contribution in [0.25, 0.3) is 0 Å². The number of Topliss-reactive ketones (excluding diaryl/α,β-unsaturated/α-hetero) is 1. The van der Waals surface area contributed by atoms with Gasteiger partial charge in [-0.1, -0.05) is 58.0 Å². The van der Waals surface area contributed by atoms with Gasteiger partial charge in [0.25, 0.3) is 23.4 Å². The van der Waals surface area contributed by atoms with Crippen molar-refractivity contribution in [3.05, 3.63) is 106 Å². The Labute approximate surface area is 256 Å². The lowest BCUT2D eigenvalue weighted by Gasteiger charge is -2.36. The van der Waals surface area contributed by atoms with E-state index in [2.05, 4.69) is 0 Å². The molecule has 0 spiro atoms. The minimum Gasteiger partial charge on any atom is -0.292 e. The number of rotatable bonds is 8. The molecule has 15 heteroatoms. The van der Waals surface area contributed by atoms with Gasteiger partial charge in [0.2, 0.25) is 0 Å². The van der Waals surface area contributed by atoms with Gasteiger partial charge in [0, 0.05) is 34.2 Å². The molecule has 1 atom stereocenters. The van der Waals surface area contributed by atoms with Crippen LogP contribution in [-0.2, 0) is 0 Å². The molecule has 0 aliphatic carbocycles. The molecule has 206 valence electrons. The molecule has 0 bridgehead atoms. The quantitative estimate of drug-likeness (QED) is 0.0472. The molecule has 40 heavy (non-hydrogen) atoms. The van der Waals surface area contributed by atoms with Gasteiger partial charge in [0.05, 0.1) is 36.1 Å². The standard InChI is InChI=1S/C25H13Cl6N3O6/c26-10-9-15(22(35)11-1-5-13(27)6-2-11)32(23(36)12-3-7-14(8-4-12)34(39)40)33-24(37)16-17(25(33)38)19(29)21(31)20(30)18(16)28/h1-8,15H,9-10H2/t15-/m1/s1. The number of imide groups is 1. The van der Waals surface area contributed by atoms with Gasteiger partial charge < -0.3 is 0 Å². The zero-order valence-electron chi connectivity index (χ0n) is 19.7. The highest BCUT2D eigenvalue weighted by Crippen LogP contribution is 2.45. The Morgan fingerprint density at radius 3 is 1.73 bits per heavy atom. The summed E-state index contributed by atoms with van der Waals surface area (Å²) in [6, 6.07) is 8.52. The summed E-state index contributed by atoms with van der Waals surface area (Å²) in [7, 11) is 0.